The molecular formula is C20H19F3N2O2. The number of nitrogens with zero attached hydrogens (tertiary/aromatic N) is 2. The Labute approximate surface area is 155 Å². The van der Waals surface area contributed by atoms with Crippen LogP contribution in [0.1, 0.15) is 5.56 Å². The van der Waals surface area contributed by atoms with Crippen LogP contribution in [0.4, 0.5) is 13.2 Å². The van der Waals surface area contributed by atoms with Crippen molar-refractivity contribution >= 4 is 11.8 Å². The summed E-state index contributed by atoms with van der Waals surface area (Å²) in [6.45, 7) is -1.56. The minimum Gasteiger partial charge on any atom is -0.331 e. The molecule has 1 heterocycles. The van der Waals surface area contributed by atoms with Crippen LogP contribution >= 0.6 is 0 Å². The van der Waals surface area contributed by atoms with E-state index in [1.54, 1.807) is 0 Å². The number of hydrogen-bond acceptors (Lipinski definition) is 2. The fourth-order valence-electron chi connectivity index (χ4n) is 3.04. The molecule has 1 saturated heterocycles. The van der Waals surface area contributed by atoms with Crippen LogP contribution in [-0.2, 0) is 16.0 Å². The Morgan fingerprint density at radius 1 is 0.926 bits per heavy atom. The molecule has 0 bridgehead atoms. The molecule has 0 unspecified atom stereocenters. The number of carbonyl (C=O) groups is 2. The summed E-state index contributed by atoms with van der Waals surface area (Å²) in [5.41, 5.74) is 2.90. The first-order valence-electron chi connectivity index (χ1n) is 8.58. The van der Waals surface area contributed by atoms with E-state index in [1.807, 2.05) is 54.6 Å². The summed E-state index contributed by atoms with van der Waals surface area (Å²) in [4.78, 5) is 26.3. The lowest BCUT2D eigenvalue weighted by molar-refractivity contribution is -0.167. The molecule has 3 rings (SSSR count). The second kappa shape index (κ2) is 7.82. The van der Waals surface area contributed by atoms with Gasteiger partial charge in [0.2, 0.25) is 11.8 Å². The number of alkyl halides is 3. The van der Waals surface area contributed by atoms with Crippen LogP contribution in [0.25, 0.3) is 11.1 Å². The Morgan fingerprint density at radius 2 is 1.56 bits per heavy atom. The molecule has 0 N–H and O–H groups in total. The van der Waals surface area contributed by atoms with Crippen molar-refractivity contribution in [3.63, 3.8) is 0 Å². The van der Waals surface area contributed by atoms with Gasteiger partial charge in [0.1, 0.15) is 6.54 Å². The van der Waals surface area contributed by atoms with Gasteiger partial charge in [0.15, 0.2) is 0 Å². The molecule has 0 aromatic heterocycles. The van der Waals surface area contributed by atoms with Crippen LogP contribution in [0.2, 0.25) is 0 Å². The number of halogens is 3. The van der Waals surface area contributed by atoms with Crippen LogP contribution in [-0.4, -0.2) is 54.0 Å². The molecule has 2 aromatic carbocycles. The van der Waals surface area contributed by atoms with Gasteiger partial charge >= 0.3 is 6.18 Å². The van der Waals surface area contributed by atoms with Gasteiger partial charge < -0.3 is 9.80 Å². The van der Waals surface area contributed by atoms with E-state index in [0.29, 0.717) is 0 Å². The highest BCUT2D eigenvalue weighted by Gasteiger charge is 2.36. The van der Waals surface area contributed by atoms with Gasteiger partial charge in [0.25, 0.3) is 0 Å². The van der Waals surface area contributed by atoms with E-state index in [9.17, 15) is 22.8 Å². The maximum Gasteiger partial charge on any atom is 0.406 e. The fourth-order valence-corrected chi connectivity index (χ4v) is 3.04. The molecule has 0 atom stereocenters. The van der Waals surface area contributed by atoms with Crippen LogP contribution < -0.4 is 0 Å². The van der Waals surface area contributed by atoms with Gasteiger partial charge in [-0.2, -0.15) is 13.2 Å². The number of hydrogen-bond donors (Lipinski definition) is 0. The van der Waals surface area contributed by atoms with Gasteiger partial charge in [0, 0.05) is 13.1 Å². The van der Waals surface area contributed by atoms with Gasteiger partial charge in [-0.05, 0) is 16.7 Å². The molecule has 0 radical (unpaired) electrons. The summed E-state index contributed by atoms with van der Waals surface area (Å²) in [5, 5.41) is 0. The molecule has 2 amide bonds. The largest absolute Gasteiger partial charge is 0.406 e. The van der Waals surface area contributed by atoms with Crippen molar-refractivity contribution in [2.45, 2.75) is 12.6 Å². The number of rotatable bonds is 4. The van der Waals surface area contributed by atoms with Crippen molar-refractivity contribution in [3.8, 4) is 11.1 Å². The number of carbonyl (C=O) groups excluding carboxylic acids is 2. The average molecular weight is 376 g/mol. The Kier molecular flexibility index (Phi) is 5.48. The van der Waals surface area contributed by atoms with E-state index in [2.05, 4.69) is 0 Å². The van der Waals surface area contributed by atoms with Gasteiger partial charge in [-0.25, -0.2) is 0 Å². The summed E-state index contributed by atoms with van der Waals surface area (Å²) < 4.78 is 37.3. The minimum absolute atomic E-state index is 0.100. The van der Waals surface area contributed by atoms with Crippen LogP contribution in [0.5, 0.6) is 0 Å². The lowest BCUT2D eigenvalue weighted by Gasteiger charge is -2.34. The second-order valence-electron chi connectivity index (χ2n) is 6.49. The predicted molar refractivity (Wildman–Crippen MR) is 94.8 cm³/mol. The number of benzene rings is 2. The predicted octanol–water partition coefficient (Wildman–Crippen LogP) is 3.13. The molecule has 1 aliphatic heterocycles. The highest BCUT2D eigenvalue weighted by molar-refractivity contribution is 5.87. The van der Waals surface area contributed by atoms with Gasteiger partial charge in [-0.3, -0.25) is 9.59 Å². The van der Waals surface area contributed by atoms with E-state index in [-0.39, 0.29) is 32.0 Å². The summed E-state index contributed by atoms with van der Waals surface area (Å²) in [6, 6.07) is 17.4. The summed E-state index contributed by atoms with van der Waals surface area (Å²) in [6.07, 6.45) is -4.32. The first kappa shape index (κ1) is 18.9. The van der Waals surface area contributed by atoms with Crippen molar-refractivity contribution in [2.75, 3.05) is 26.2 Å². The monoisotopic (exact) mass is 376 g/mol. The van der Waals surface area contributed by atoms with E-state index in [0.717, 1.165) is 21.6 Å². The van der Waals surface area contributed by atoms with Crippen LogP contribution in [0.15, 0.2) is 54.6 Å². The van der Waals surface area contributed by atoms with E-state index in [1.165, 1.54) is 4.90 Å². The summed E-state index contributed by atoms with van der Waals surface area (Å²) in [7, 11) is 0. The van der Waals surface area contributed by atoms with E-state index < -0.39 is 18.6 Å². The molecular weight excluding hydrogens is 357 g/mol. The molecule has 27 heavy (non-hydrogen) atoms. The summed E-state index contributed by atoms with van der Waals surface area (Å²) in [5.74, 6) is -0.936. The molecule has 1 aliphatic rings. The Bertz CT molecular complexity index is 804. The van der Waals surface area contributed by atoms with Crippen molar-refractivity contribution in [1.82, 2.24) is 9.80 Å². The van der Waals surface area contributed by atoms with E-state index in [4.69, 9.17) is 0 Å². The zero-order valence-corrected chi connectivity index (χ0v) is 14.6. The third-order valence-corrected chi connectivity index (χ3v) is 4.46. The zero-order chi connectivity index (χ0) is 19.4. The lowest BCUT2D eigenvalue weighted by Crippen LogP contribution is -2.54. The molecule has 1 fully saturated rings. The molecule has 0 spiro atoms. The van der Waals surface area contributed by atoms with Gasteiger partial charge in [-0.1, -0.05) is 54.6 Å². The van der Waals surface area contributed by atoms with Crippen molar-refractivity contribution in [1.29, 1.82) is 0 Å². The molecule has 4 nitrogen and oxygen atoms in total. The molecule has 0 aliphatic carbocycles. The normalized spacial score (nSPS) is 15.1. The second-order valence-corrected chi connectivity index (χ2v) is 6.49. The number of piperazine rings is 1. The van der Waals surface area contributed by atoms with Crippen LogP contribution in [0.3, 0.4) is 0 Å². The fraction of sp³-hybridized carbons (Fsp3) is 0.300. The SMILES string of the molecule is O=C(Cc1ccc(-c2ccccc2)cc1)N1CCN(CC(F)(F)F)C(=O)C1. The maximum absolute atomic E-state index is 12.4. The third-order valence-electron chi connectivity index (χ3n) is 4.46. The first-order valence-corrected chi connectivity index (χ1v) is 8.58. The highest BCUT2D eigenvalue weighted by Crippen LogP contribution is 2.20. The molecule has 7 heteroatoms. The summed E-state index contributed by atoms with van der Waals surface area (Å²) >= 11 is 0. The first-order chi connectivity index (χ1) is 12.8. The zero-order valence-electron chi connectivity index (χ0n) is 14.6. The third kappa shape index (κ3) is 5.09. The maximum atomic E-state index is 12.4. The van der Waals surface area contributed by atoms with Crippen molar-refractivity contribution in [3.05, 3.63) is 60.2 Å². The van der Waals surface area contributed by atoms with Crippen molar-refractivity contribution in [2.24, 2.45) is 0 Å². The van der Waals surface area contributed by atoms with Crippen molar-refractivity contribution < 1.29 is 22.8 Å². The van der Waals surface area contributed by atoms with E-state index >= 15 is 0 Å². The van der Waals surface area contributed by atoms with Gasteiger partial charge in [-0.15, -0.1) is 0 Å². The molecule has 142 valence electrons. The molecule has 2 aromatic rings. The Balaban J connectivity index is 1.57. The quantitative estimate of drug-likeness (QED) is 0.823. The minimum atomic E-state index is -4.43. The highest BCUT2D eigenvalue weighted by atomic mass is 19.4. The van der Waals surface area contributed by atoms with Gasteiger partial charge in [0.05, 0.1) is 13.0 Å². The Morgan fingerprint density at radius 3 is 2.15 bits per heavy atom. The topological polar surface area (TPSA) is 40.6 Å². The average Bonchev–Trinajstić information content (AvgIpc) is 2.63. The smallest absolute Gasteiger partial charge is 0.331 e. The lowest BCUT2D eigenvalue weighted by atomic mass is 10.0. The van der Waals surface area contributed by atoms with Crippen LogP contribution in [0, 0.1) is 0 Å². The Hall–Kier alpha value is -2.83. The molecule has 0 saturated carbocycles. The number of amides is 2. The standard InChI is InChI=1S/C20H19F3N2O2/c21-20(22,23)14-25-11-10-24(13-19(25)27)18(26)12-15-6-8-17(9-7-15)16-4-2-1-3-5-16/h1-9H,10-14H2.